The van der Waals surface area contributed by atoms with Crippen LogP contribution < -0.4 is 10.6 Å². The summed E-state index contributed by atoms with van der Waals surface area (Å²) in [6.45, 7) is 0.687. The monoisotopic (exact) mass is 349 g/mol. The van der Waals surface area contributed by atoms with E-state index < -0.39 is 0 Å². The second-order valence-electron chi connectivity index (χ2n) is 4.41. The zero-order valence-corrected chi connectivity index (χ0v) is 12.9. The van der Waals surface area contributed by atoms with Crippen molar-refractivity contribution in [2.75, 3.05) is 16.4 Å². The second kappa shape index (κ2) is 5.85. The lowest BCUT2D eigenvalue weighted by molar-refractivity contribution is -0.113. The number of anilines is 2. The van der Waals surface area contributed by atoms with Crippen molar-refractivity contribution in [3.05, 3.63) is 46.7 Å². The third-order valence-corrected chi connectivity index (χ3v) is 4.38. The molecule has 1 aromatic heterocycles. The van der Waals surface area contributed by atoms with Gasteiger partial charge in [0.05, 0.1) is 11.4 Å². The molecule has 0 aliphatic carbocycles. The SMILES string of the molecule is O=C1CSc2ccc(NCc3cncc(Br)c3)cc2N1. The first kappa shape index (κ1) is 13.5. The van der Waals surface area contributed by atoms with E-state index in [4.69, 9.17) is 0 Å². The third-order valence-electron chi connectivity index (χ3n) is 2.87. The highest BCUT2D eigenvalue weighted by Gasteiger charge is 2.15. The molecule has 2 N–H and O–H groups in total. The lowest BCUT2D eigenvalue weighted by Gasteiger charge is -2.17. The third kappa shape index (κ3) is 3.13. The minimum Gasteiger partial charge on any atom is -0.381 e. The molecule has 1 amide bonds. The summed E-state index contributed by atoms with van der Waals surface area (Å²) in [4.78, 5) is 16.6. The zero-order valence-electron chi connectivity index (χ0n) is 10.5. The van der Waals surface area contributed by atoms with Crippen LogP contribution in [0.4, 0.5) is 11.4 Å². The van der Waals surface area contributed by atoms with Gasteiger partial charge in [-0.15, -0.1) is 11.8 Å². The summed E-state index contributed by atoms with van der Waals surface area (Å²) < 4.78 is 0.964. The highest BCUT2D eigenvalue weighted by molar-refractivity contribution is 9.10. The maximum atomic E-state index is 11.4. The Kier molecular flexibility index (Phi) is 3.93. The van der Waals surface area contributed by atoms with Crippen molar-refractivity contribution in [2.24, 2.45) is 0 Å². The molecule has 0 radical (unpaired) electrons. The molecule has 102 valence electrons. The van der Waals surface area contributed by atoms with E-state index in [2.05, 4.69) is 31.5 Å². The number of carbonyl (C=O) groups excluding carboxylic acids is 1. The smallest absolute Gasteiger partial charge is 0.234 e. The number of hydrogen-bond donors (Lipinski definition) is 2. The summed E-state index contributed by atoms with van der Waals surface area (Å²) in [5.74, 6) is 0.541. The van der Waals surface area contributed by atoms with E-state index in [0.717, 1.165) is 26.3 Å². The van der Waals surface area contributed by atoms with Gasteiger partial charge in [0.15, 0.2) is 0 Å². The molecule has 1 aliphatic heterocycles. The number of pyridine rings is 1. The number of carbonyl (C=O) groups is 1. The van der Waals surface area contributed by atoms with E-state index in [9.17, 15) is 4.79 Å². The van der Waals surface area contributed by atoms with Crippen molar-refractivity contribution in [1.29, 1.82) is 0 Å². The molecule has 0 saturated heterocycles. The average molecular weight is 350 g/mol. The Morgan fingerprint density at radius 3 is 3.10 bits per heavy atom. The van der Waals surface area contributed by atoms with Gasteiger partial charge in [0.25, 0.3) is 0 Å². The summed E-state index contributed by atoms with van der Waals surface area (Å²) in [7, 11) is 0. The average Bonchev–Trinajstić information content (AvgIpc) is 2.45. The fourth-order valence-corrected chi connectivity index (χ4v) is 3.15. The number of benzene rings is 1. The van der Waals surface area contributed by atoms with Gasteiger partial charge in [-0.25, -0.2) is 0 Å². The number of thioether (sulfide) groups is 1. The van der Waals surface area contributed by atoms with E-state index in [1.807, 2.05) is 30.5 Å². The molecular formula is C14H12BrN3OS. The number of rotatable bonds is 3. The van der Waals surface area contributed by atoms with Gasteiger partial charge in [-0.1, -0.05) is 0 Å². The fraction of sp³-hybridized carbons (Fsp3) is 0.143. The molecule has 2 heterocycles. The predicted octanol–water partition coefficient (Wildman–Crippen LogP) is 3.50. The molecule has 0 unspecified atom stereocenters. The molecule has 0 saturated carbocycles. The number of nitrogens with one attached hydrogen (secondary N) is 2. The van der Waals surface area contributed by atoms with Crippen LogP contribution in [0.25, 0.3) is 0 Å². The van der Waals surface area contributed by atoms with Gasteiger partial charge in [-0.2, -0.15) is 0 Å². The highest BCUT2D eigenvalue weighted by Crippen LogP contribution is 2.33. The molecular weight excluding hydrogens is 338 g/mol. The van der Waals surface area contributed by atoms with Crippen LogP contribution in [0.2, 0.25) is 0 Å². The molecule has 4 nitrogen and oxygen atoms in total. The topological polar surface area (TPSA) is 54.0 Å². The Morgan fingerprint density at radius 2 is 2.25 bits per heavy atom. The molecule has 0 atom stereocenters. The quantitative estimate of drug-likeness (QED) is 0.890. The first-order valence-electron chi connectivity index (χ1n) is 6.11. The maximum Gasteiger partial charge on any atom is 0.234 e. The standard InChI is InChI=1S/C14H12BrN3OS/c15-10-3-9(5-16-7-10)6-17-11-1-2-13-12(4-11)18-14(19)8-20-13/h1-5,7,17H,6,8H2,(H,18,19). The highest BCUT2D eigenvalue weighted by atomic mass is 79.9. The molecule has 3 rings (SSSR count). The van der Waals surface area contributed by atoms with Gasteiger partial charge in [-0.05, 0) is 45.8 Å². The molecule has 0 bridgehead atoms. The van der Waals surface area contributed by atoms with Crippen molar-refractivity contribution in [1.82, 2.24) is 4.98 Å². The van der Waals surface area contributed by atoms with E-state index in [-0.39, 0.29) is 5.91 Å². The Balaban J connectivity index is 1.72. The summed E-state index contributed by atoms with van der Waals surface area (Å²) >= 11 is 4.97. The molecule has 2 aromatic rings. The summed E-state index contributed by atoms with van der Waals surface area (Å²) in [6.07, 6.45) is 3.59. The van der Waals surface area contributed by atoms with Crippen molar-refractivity contribution in [3.63, 3.8) is 0 Å². The van der Waals surface area contributed by atoms with Crippen molar-refractivity contribution < 1.29 is 4.79 Å². The second-order valence-corrected chi connectivity index (χ2v) is 6.35. The molecule has 1 aliphatic rings. The van der Waals surface area contributed by atoms with E-state index in [1.54, 1.807) is 18.0 Å². The van der Waals surface area contributed by atoms with Crippen LogP contribution in [0.15, 0.2) is 46.0 Å². The number of amides is 1. The predicted molar refractivity (Wildman–Crippen MR) is 85.1 cm³/mol. The molecule has 6 heteroatoms. The van der Waals surface area contributed by atoms with E-state index in [0.29, 0.717) is 12.3 Å². The molecule has 0 spiro atoms. The minimum atomic E-state index is 0.0517. The number of aromatic nitrogens is 1. The maximum absolute atomic E-state index is 11.4. The van der Waals surface area contributed by atoms with Gasteiger partial charge >= 0.3 is 0 Å². The normalized spacial score (nSPS) is 13.6. The van der Waals surface area contributed by atoms with Gasteiger partial charge in [-0.3, -0.25) is 9.78 Å². The van der Waals surface area contributed by atoms with Crippen molar-refractivity contribution in [2.45, 2.75) is 11.4 Å². The van der Waals surface area contributed by atoms with Crippen LogP contribution in [0.3, 0.4) is 0 Å². The van der Waals surface area contributed by atoms with Gasteiger partial charge in [0.1, 0.15) is 0 Å². The zero-order chi connectivity index (χ0) is 13.9. The minimum absolute atomic E-state index is 0.0517. The summed E-state index contributed by atoms with van der Waals surface area (Å²) in [5, 5.41) is 6.22. The first-order valence-corrected chi connectivity index (χ1v) is 7.88. The van der Waals surface area contributed by atoms with Gasteiger partial charge in [0.2, 0.25) is 5.91 Å². The van der Waals surface area contributed by atoms with E-state index in [1.165, 1.54) is 0 Å². The largest absolute Gasteiger partial charge is 0.381 e. The lowest BCUT2D eigenvalue weighted by Crippen LogP contribution is -2.18. The number of hydrogen-bond acceptors (Lipinski definition) is 4. The fourth-order valence-electron chi connectivity index (χ4n) is 1.95. The Bertz CT molecular complexity index is 663. The number of fused-ring (bicyclic) bond motifs is 1. The van der Waals surface area contributed by atoms with Crippen molar-refractivity contribution >= 4 is 45.0 Å². The molecule has 0 fully saturated rings. The van der Waals surface area contributed by atoms with Crippen molar-refractivity contribution in [3.8, 4) is 0 Å². The number of nitrogens with zero attached hydrogens (tertiary/aromatic N) is 1. The molecule has 1 aromatic carbocycles. The first-order chi connectivity index (χ1) is 9.70. The van der Waals surface area contributed by atoms with Crippen LogP contribution in [0.1, 0.15) is 5.56 Å². The summed E-state index contributed by atoms with van der Waals surface area (Å²) in [5.41, 5.74) is 2.95. The van der Waals surface area contributed by atoms with Crippen LogP contribution >= 0.6 is 27.7 Å². The lowest BCUT2D eigenvalue weighted by atomic mass is 10.2. The molecule has 20 heavy (non-hydrogen) atoms. The Morgan fingerprint density at radius 1 is 1.35 bits per heavy atom. The van der Waals surface area contributed by atoms with Gasteiger partial charge in [0, 0.05) is 34.0 Å². The summed E-state index contributed by atoms with van der Waals surface area (Å²) in [6, 6.07) is 8.04. The van der Waals surface area contributed by atoms with Crippen LogP contribution in [-0.4, -0.2) is 16.6 Å². The van der Waals surface area contributed by atoms with Gasteiger partial charge < -0.3 is 10.6 Å². The van der Waals surface area contributed by atoms with Crippen LogP contribution in [0, 0.1) is 0 Å². The van der Waals surface area contributed by atoms with Crippen LogP contribution in [-0.2, 0) is 11.3 Å². The Labute approximate surface area is 129 Å². The van der Waals surface area contributed by atoms with E-state index >= 15 is 0 Å². The number of halogens is 1. The Hall–Kier alpha value is -1.53. The van der Waals surface area contributed by atoms with Crippen LogP contribution in [0.5, 0.6) is 0 Å².